The number of benzene rings is 1. The molecule has 0 amide bonds. The summed E-state index contributed by atoms with van der Waals surface area (Å²) in [5.41, 5.74) is 2.06. The van der Waals surface area contributed by atoms with Crippen molar-refractivity contribution in [1.29, 1.82) is 0 Å². The standard InChI is InChI=1S/C20H28N2O4/c1-14-10-17(26-21-14)16-8-6-5-7-9-22(16)13-15-11-18(23-2)20(25-4)19(12-15)24-3/h10-12,16H,5-9,13H2,1-4H3/t16-/m1/s1. The minimum Gasteiger partial charge on any atom is -0.493 e. The Morgan fingerprint density at radius 2 is 1.77 bits per heavy atom. The monoisotopic (exact) mass is 360 g/mol. The molecule has 2 heterocycles. The van der Waals surface area contributed by atoms with Gasteiger partial charge in [-0.1, -0.05) is 18.0 Å². The van der Waals surface area contributed by atoms with E-state index < -0.39 is 0 Å². The first-order valence-electron chi connectivity index (χ1n) is 9.12. The van der Waals surface area contributed by atoms with E-state index in [0.717, 1.165) is 36.5 Å². The van der Waals surface area contributed by atoms with E-state index in [9.17, 15) is 0 Å². The molecule has 0 spiro atoms. The Hall–Kier alpha value is -2.21. The van der Waals surface area contributed by atoms with Crippen molar-refractivity contribution in [2.45, 2.75) is 45.2 Å². The highest BCUT2D eigenvalue weighted by Gasteiger charge is 2.26. The molecule has 1 fully saturated rings. The summed E-state index contributed by atoms with van der Waals surface area (Å²) in [7, 11) is 4.91. The summed E-state index contributed by atoms with van der Waals surface area (Å²) in [6.45, 7) is 3.79. The molecule has 0 unspecified atom stereocenters. The topological polar surface area (TPSA) is 57.0 Å². The van der Waals surface area contributed by atoms with Crippen molar-refractivity contribution in [2.24, 2.45) is 0 Å². The number of ether oxygens (including phenoxy) is 3. The summed E-state index contributed by atoms with van der Waals surface area (Å²) >= 11 is 0. The van der Waals surface area contributed by atoms with Gasteiger partial charge in [-0.3, -0.25) is 4.90 Å². The van der Waals surface area contributed by atoms with Crippen LogP contribution in [0.3, 0.4) is 0 Å². The maximum Gasteiger partial charge on any atom is 0.203 e. The van der Waals surface area contributed by atoms with Crippen LogP contribution in [0.2, 0.25) is 0 Å². The van der Waals surface area contributed by atoms with Crippen LogP contribution in [0, 0.1) is 6.92 Å². The SMILES string of the molecule is COc1cc(CN2CCCCC[C@@H]2c2cc(C)no2)cc(OC)c1OC. The van der Waals surface area contributed by atoms with Crippen molar-refractivity contribution >= 4 is 0 Å². The van der Waals surface area contributed by atoms with E-state index in [0.29, 0.717) is 17.2 Å². The largest absolute Gasteiger partial charge is 0.493 e. The summed E-state index contributed by atoms with van der Waals surface area (Å²) in [6, 6.07) is 6.35. The van der Waals surface area contributed by atoms with Gasteiger partial charge in [-0.15, -0.1) is 0 Å². The Kier molecular flexibility index (Phi) is 6.04. The lowest BCUT2D eigenvalue weighted by Crippen LogP contribution is -2.28. The van der Waals surface area contributed by atoms with Gasteiger partial charge < -0.3 is 18.7 Å². The van der Waals surface area contributed by atoms with Crippen LogP contribution in [0.25, 0.3) is 0 Å². The summed E-state index contributed by atoms with van der Waals surface area (Å²) in [5, 5.41) is 4.08. The van der Waals surface area contributed by atoms with Crippen LogP contribution in [-0.2, 0) is 6.54 Å². The first kappa shape index (κ1) is 18.6. The smallest absolute Gasteiger partial charge is 0.203 e. The van der Waals surface area contributed by atoms with Gasteiger partial charge in [0.2, 0.25) is 5.75 Å². The third-order valence-electron chi connectivity index (χ3n) is 4.95. The molecule has 1 aliphatic rings. The summed E-state index contributed by atoms with van der Waals surface area (Å²) in [6.07, 6.45) is 4.72. The molecule has 3 rings (SSSR count). The van der Waals surface area contributed by atoms with Crippen molar-refractivity contribution in [1.82, 2.24) is 10.1 Å². The lowest BCUT2D eigenvalue weighted by molar-refractivity contribution is 0.159. The molecule has 6 nitrogen and oxygen atoms in total. The first-order chi connectivity index (χ1) is 12.7. The predicted molar refractivity (Wildman–Crippen MR) is 99.0 cm³/mol. The quantitative estimate of drug-likeness (QED) is 0.772. The molecule has 142 valence electrons. The number of methoxy groups -OCH3 is 3. The van der Waals surface area contributed by atoms with Gasteiger partial charge in [-0.2, -0.15) is 0 Å². The van der Waals surface area contributed by atoms with Crippen molar-refractivity contribution in [2.75, 3.05) is 27.9 Å². The normalized spacial score (nSPS) is 18.4. The van der Waals surface area contributed by atoms with E-state index in [4.69, 9.17) is 18.7 Å². The molecule has 1 aromatic heterocycles. The molecule has 0 aliphatic carbocycles. The maximum absolute atomic E-state index is 5.59. The van der Waals surface area contributed by atoms with Gasteiger partial charge in [0, 0.05) is 12.6 Å². The molecule has 0 N–H and O–H groups in total. The van der Waals surface area contributed by atoms with Crippen LogP contribution in [0.15, 0.2) is 22.7 Å². The second-order valence-corrected chi connectivity index (χ2v) is 6.74. The third-order valence-corrected chi connectivity index (χ3v) is 4.95. The summed E-state index contributed by atoms with van der Waals surface area (Å²) in [4.78, 5) is 2.47. The lowest BCUT2D eigenvalue weighted by atomic mass is 10.1. The van der Waals surface area contributed by atoms with E-state index in [2.05, 4.69) is 16.1 Å². The molecule has 26 heavy (non-hydrogen) atoms. The highest BCUT2D eigenvalue weighted by molar-refractivity contribution is 5.53. The van der Waals surface area contributed by atoms with Crippen LogP contribution in [0.5, 0.6) is 17.2 Å². The zero-order chi connectivity index (χ0) is 18.5. The van der Waals surface area contributed by atoms with Gasteiger partial charge in [-0.25, -0.2) is 0 Å². The number of hydrogen-bond acceptors (Lipinski definition) is 6. The highest BCUT2D eigenvalue weighted by atomic mass is 16.5. The third kappa shape index (κ3) is 3.96. The molecule has 0 bridgehead atoms. The molecule has 1 aromatic carbocycles. The number of hydrogen-bond donors (Lipinski definition) is 0. The van der Waals surface area contributed by atoms with Gasteiger partial charge in [0.25, 0.3) is 0 Å². The molecular weight excluding hydrogens is 332 g/mol. The van der Waals surface area contributed by atoms with E-state index in [1.165, 1.54) is 19.3 Å². The van der Waals surface area contributed by atoms with Crippen LogP contribution < -0.4 is 14.2 Å². The molecular formula is C20H28N2O4. The van der Waals surface area contributed by atoms with E-state index in [-0.39, 0.29) is 6.04 Å². The number of likely N-dealkylation sites (tertiary alicyclic amines) is 1. The van der Waals surface area contributed by atoms with Crippen LogP contribution >= 0.6 is 0 Å². The van der Waals surface area contributed by atoms with E-state index >= 15 is 0 Å². The van der Waals surface area contributed by atoms with Gasteiger partial charge >= 0.3 is 0 Å². The average molecular weight is 360 g/mol. The van der Waals surface area contributed by atoms with Gasteiger partial charge in [0.15, 0.2) is 17.3 Å². The highest BCUT2D eigenvalue weighted by Crippen LogP contribution is 2.39. The zero-order valence-electron chi connectivity index (χ0n) is 16.1. The zero-order valence-corrected chi connectivity index (χ0v) is 16.1. The Bertz CT molecular complexity index is 703. The van der Waals surface area contributed by atoms with Crippen LogP contribution in [-0.4, -0.2) is 37.9 Å². The van der Waals surface area contributed by atoms with Crippen LogP contribution in [0.4, 0.5) is 0 Å². The summed E-state index contributed by atoms with van der Waals surface area (Å²) in [5.74, 6) is 2.95. The number of nitrogens with zero attached hydrogens (tertiary/aromatic N) is 2. The summed E-state index contributed by atoms with van der Waals surface area (Å²) < 4.78 is 22.0. The maximum atomic E-state index is 5.59. The second kappa shape index (κ2) is 8.45. The number of aromatic nitrogens is 1. The fourth-order valence-corrected chi connectivity index (χ4v) is 3.68. The molecule has 6 heteroatoms. The lowest BCUT2D eigenvalue weighted by Gasteiger charge is -2.28. The van der Waals surface area contributed by atoms with Crippen molar-refractivity contribution in [3.8, 4) is 17.2 Å². The van der Waals surface area contributed by atoms with Crippen molar-refractivity contribution in [3.05, 3.63) is 35.2 Å². The fraction of sp³-hybridized carbons (Fsp3) is 0.550. The van der Waals surface area contributed by atoms with Gasteiger partial charge in [0.05, 0.1) is 33.1 Å². The molecule has 1 atom stereocenters. The minimum absolute atomic E-state index is 0.248. The van der Waals surface area contributed by atoms with E-state index in [1.54, 1.807) is 21.3 Å². The minimum atomic E-state index is 0.248. The van der Waals surface area contributed by atoms with Crippen molar-refractivity contribution in [3.63, 3.8) is 0 Å². The number of aryl methyl sites for hydroxylation is 1. The van der Waals surface area contributed by atoms with Gasteiger partial charge in [0.1, 0.15) is 0 Å². The van der Waals surface area contributed by atoms with E-state index in [1.807, 2.05) is 19.1 Å². The Morgan fingerprint density at radius 3 is 2.35 bits per heavy atom. The molecule has 0 radical (unpaired) electrons. The fourth-order valence-electron chi connectivity index (χ4n) is 3.68. The molecule has 1 aliphatic heterocycles. The van der Waals surface area contributed by atoms with Crippen LogP contribution in [0.1, 0.15) is 48.7 Å². The van der Waals surface area contributed by atoms with Gasteiger partial charge in [-0.05, 0) is 44.0 Å². The molecule has 0 saturated carbocycles. The Balaban J connectivity index is 1.89. The number of rotatable bonds is 6. The average Bonchev–Trinajstić information content (AvgIpc) is 2.95. The van der Waals surface area contributed by atoms with Crippen molar-refractivity contribution < 1.29 is 18.7 Å². The first-order valence-corrected chi connectivity index (χ1v) is 9.12. The Morgan fingerprint density at radius 1 is 1.04 bits per heavy atom. The molecule has 2 aromatic rings. The molecule has 1 saturated heterocycles. The predicted octanol–water partition coefficient (Wildman–Crippen LogP) is 4.13. The second-order valence-electron chi connectivity index (χ2n) is 6.74. The Labute approximate surface area is 155 Å².